The lowest BCUT2D eigenvalue weighted by Crippen LogP contribution is -2.33. The van der Waals surface area contributed by atoms with Gasteiger partial charge < -0.3 is 9.84 Å². The van der Waals surface area contributed by atoms with Crippen LogP contribution in [0, 0.1) is 0 Å². The van der Waals surface area contributed by atoms with E-state index in [0.29, 0.717) is 12.2 Å². The average Bonchev–Trinajstić information content (AvgIpc) is 2.74. The molecular formula is C11H16N2O5S. The van der Waals surface area contributed by atoms with Crippen LogP contribution in [0.3, 0.4) is 0 Å². The molecule has 0 aliphatic carbocycles. The van der Waals surface area contributed by atoms with Gasteiger partial charge in [0.2, 0.25) is 0 Å². The largest absolute Gasteiger partial charge is 0.489 e. The van der Waals surface area contributed by atoms with Crippen LogP contribution in [0.4, 0.5) is 0 Å². The highest BCUT2D eigenvalue weighted by atomic mass is 32.2. The quantitative estimate of drug-likeness (QED) is 0.837. The lowest BCUT2D eigenvalue weighted by molar-refractivity contribution is -0.137. The van der Waals surface area contributed by atoms with Gasteiger partial charge in [0.05, 0.1) is 23.4 Å². The fraction of sp³-hybridized carbons (Fsp3) is 0.636. The zero-order valence-electron chi connectivity index (χ0n) is 10.4. The van der Waals surface area contributed by atoms with Gasteiger partial charge in [-0.25, -0.2) is 8.42 Å². The lowest BCUT2D eigenvalue weighted by atomic mass is 10.2. The summed E-state index contributed by atoms with van der Waals surface area (Å²) in [6.07, 6.45) is 5.06. The van der Waals surface area contributed by atoms with E-state index in [2.05, 4.69) is 5.10 Å². The third-order valence-corrected chi connectivity index (χ3v) is 5.30. The van der Waals surface area contributed by atoms with Gasteiger partial charge in [-0.15, -0.1) is 0 Å². The second-order valence-electron chi connectivity index (χ2n) is 4.56. The Kier molecular flexibility index (Phi) is 4.08. The van der Waals surface area contributed by atoms with Crippen LogP contribution in [0.2, 0.25) is 0 Å². The number of aliphatic carboxylic acids is 1. The number of hydrogen-bond donors (Lipinski definition) is 1. The van der Waals surface area contributed by atoms with E-state index < -0.39 is 21.1 Å². The molecule has 1 fully saturated rings. The van der Waals surface area contributed by atoms with Crippen molar-refractivity contribution in [3.05, 3.63) is 12.4 Å². The molecule has 1 aliphatic rings. The molecule has 1 aromatic rings. The molecular weight excluding hydrogens is 272 g/mol. The first-order chi connectivity index (χ1) is 8.97. The molecule has 8 heteroatoms. The van der Waals surface area contributed by atoms with Crippen LogP contribution in [0.15, 0.2) is 12.4 Å². The highest BCUT2D eigenvalue weighted by Gasteiger charge is 2.29. The highest BCUT2D eigenvalue weighted by molar-refractivity contribution is 7.92. The lowest BCUT2D eigenvalue weighted by Gasteiger charge is -2.21. The van der Waals surface area contributed by atoms with Gasteiger partial charge in [0.25, 0.3) is 0 Å². The standard InChI is InChI=1S/C11H16N2O5S/c14-11(15)7-13-6-9(5-12-13)18-8-10-3-1-2-4-19(10,16)17/h5-6,10H,1-4,7-8H2,(H,14,15). The molecule has 106 valence electrons. The minimum atomic E-state index is -3.05. The molecule has 2 heterocycles. The van der Waals surface area contributed by atoms with Crippen LogP contribution in [0.5, 0.6) is 5.75 Å². The van der Waals surface area contributed by atoms with E-state index in [1.807, 2.05) is 0 Å². The Hall–Kier alpha value is -1.57. The fourth-order valence-electron chi connectivity index (χ4n) is 2.04. The number of carbonyl (C=O) groups is 1. The SMILES string of the molecule is O=C(O)Cn1cc(OCC2CCCCS2(=O)=O)cn1. The number of rotatable bonds is 5. The minimum absolute atomic E-state index is 0.0983. The zero-order valence-corrected chi connectivity index (χ0v) is 11.2. The number of carboxylic acid groups (broad SMARTS) is 1. The van der Waals surface area contributed by atoms with E-state index in [4.69, 9.17) is 9.84 Å². The zero-order chi connectivity index (χ0) is 13.9. The van der Waals surface area contributed by atoms with Gasteiger partial charge in [-0.2, -0.15) is 5.10 Å². The third kappa shape index (κ3) is 3.69. The molecule has 0 saturated carbocycles. The third-order valence-electron chi connectivity index (χ3n) is 3.06. The summed E-state index contributed by atoms with van der Waals surface area (Å²) in [5.41, 5.74) is 0. The van der Waals surface area contributed by atoms with Crippen molar-refractivity contribution in [2.24, 2.45) is 0 Å². The van der Waals surface area contributed by atoms with Crippen molar-refractivity contribution in [2.75, 3.05) is 12.4 Å². The van der Waals surface area contributed by atoms with Crippen molar-refractivity contribution in [1.29, 1.82) is 0 Å². The van der Waals surface area contributed by atoms with Gasteiger partial charge >= 0.3 is 5.97 Å². The number of carboxylic acids is 1. The first kappa shape index (κ1) is 13.9. The smallest absolute Gasteiger partial charge is 0.325 e. The molecule has 0 aromatic carbocycles. The van der Waals surface area contributed by atoms with Crippen LogP contribution in [0.1, 0.15) is 19.3 Å². The number of sulfone groups is 1. The molecule has 1 N–H and O–H groups in total. The summed E-state index contributed by atoms with van der Waals surface area (Å²) in [7, 11) is -3.05. The molecule has 1 unspecified atom stereocenters. The van der Waals surface area contributed by atoms with Crippen LogP contribution in [-0.2, 0) is 21.2 Å². The van der Waals surface area contributed by atoms with E-state index >= 15 is 0 Å². The van der Waals surface area contributed by atoms with E-state index in [-0.39, 0.29) is 18.9 Å². The van der Waals surface area contributed by atoms with Gasteiger partial charge in [-0.05, 0) is 12.8 Å². The molecule has 0 spiro atoms. The predicted octanol–water partition coefficient (Wildman–Crippen LogP) is 0.314. The second-order valence-corrected chi connectivity index (χ2v) is 6.96. The number of nitrogens with zero attached hydrogens (tertiary/aromatic N) is 2. The summed E-state index contributed by atoms with van der Waals surface area (Å²) >= 11 is 0. The maximum atomic E-state index is 11.8. The monoisotopic (exact) mass is 288 g/mol. The van der Waals surface area contributed by atoms with Crippen LogP contribution in [0.25, 0.3) is 0 Å². The Bertz CT molecular complexity index is 551. The van der Waals surface area contributed by atoms with Gasteiger partial charge in [-0.1, -0.05) is 6.42 Å². The number of aromatic nitrogens is 2. The minimum Gasteiger partial charge on any atom is -0.489 e. The van der Waals surface area contributed by atoms with E-state index in [0.717, 1.165) is 12.8 Å². The summed E-state index contributed by atoms with van der Waals surface area (Å²) in [5, 5.41) is 11.9. The Balaban J connectivity index is 1.91. The molecule has 1 aliphatic heterocycles. The normalized spacial score (nSPS) is 22.0. The first-order valence-corrected chi connectivity index (χ1v) is 7.77. The van der Waals surface area contributed by atoms with Gasteiger partial charge in [0.1, 0.15) is 13.2 Å². The maximum Gasteiger partial charge on any atom is 0.325 e. The molecule has 1 atom stereocenters. The molecule has 2 rings (SSSR count). The summed E-state index contributed by atoms with van der Waals surface area (Å²) in [6, 6.07) is 0. The average molecular weight is 288 g/mol. The van der Waals surface area contributed by atoms with Crippen molar-refractivity contribution in [3.8, 4) is 5.75 Å². The summed E-state index contributed by atoms with van der Waals surface area (Å²) in [4.78, 5) is 10.5. The topological polar surface area (TPSA) is 98.5 Å². The number of ether oxygens (including phenoxy) is 1. The van der Waals surface area contributed by atoms with Gasteiger partial charge in [0, 0.05) is 0 Å². The van der Waals surface area contributed by atoms with Gasteiger partial charge in [-0.3, -0.25) is 9.48 Å². The van der Waals surface area contributed by atoms with E-state index in [1.165, 1.54) is 17.1 Å². The Labute approximate surface area is 111 Å². The molecule has 0 amide bonds. The van der Waals surface area contributed by atoms with Crippen molar-refractivity contribution < 1.29 is 23.1 Å². The molecule has 7 nitrogen and oxygen atoms in total. The maximum absolute atomic E-state index is 11.8. The van der Waals surface area contributed by atoms with Gasteiger partial charge in [0.15, 0.2) is 15.6 Å². The fourth-order valence-corrected chi connectivity index (χ4v) is 3.78. The molecule has 0 radical (unpaired) electrons. The van der Waals surface area contributed by atoms with Crippen molar-refractivity contribution in [3.63, 3.8) is 0 Å². The molecule has 0 bridgehead atoms. The molecule has 1 aromatic heterocycles. The van der Waals surface area contributed by atoms with Crippen LogP contribution < -0.4 is 4.74 Å². The van der Waals surface area contributed by atoms with E-state index in [9.17, 15) is 13.2 Å². The molecule has 19 heavy (non-hydrogen) atoms. The Morgan fingerprint density at radius 2 is 2.32 bits per heavy atom. The summed E-state index contributed by atoms with van der Waals surface area (Å²) < 4.78 is 30.2. The Morgan fingerprint density at radius 3 is 3.00 bits per heavy atom. The van der Waals surface area contributed by atoms with Crippen LogP contribution >= 0.6 is 0 Å². The summed E-state index contributed by atoms with van der Waals surface area (Å²) in [6.45, 7) is -0.147. The van der Waals surface area contributed by atoms with Crippen LogP contribution in [-0.4, -0.2) is 46.9 Å². The molecule has 1 saturated heterocycles. The van der Waals surface area contributed by atoms with Crippen molar-refractivity contribution >= 4 is 15.8 Å². The second kappa shape index (κ2) is 5.60. The van der Waals surface area contributed by atoms with Crippen molar-refractivity contribution in [1.82, 2.24) is 9.78 Å². The van der Waals surface area contributed by atoms with E-state index in [1.54, 1.807) is 0 Å². The predicted molar refractivity (Wildman–Crippen MR) is 66.8 cm³/mol. The Morgan fingerprint density at radius 1 is 1.53 bits per heavy atom. The first-order valence-electron chi connectivity index (χ1n) is 6.06. The van der Waals surface area contributed by atoms with Crippen molar-refractivity contribution in [2.45, 2.75) is 31.1 Å². The highest BCUT2D eigenvalue weighted by Crippen LogP contribution is 2.20. The summed E-state index contributed by atoms with van der Waals surface area (Å²) in [5.74, 6) is -0.384. The number of hydrogen-bond acceptors (Lipinski definition) is 5.